The Morgan fingerprint density at radius 2 is 1.48 bits per heavy atom. The van der Waals surface area contributed by atoms with E-state index in [1.165, 1.54) is 16.3 Å². The number of aliphatic carboxylic acids is 2. The molecule has 23 heteroatoms. The van der Waals surface area contributed by atoms with Gasteiger partial charge in [-0.2, -0.15) is 26.3 Å². The van der Waals surface area contributed by atoms with Gasteiger partial charge in [0.1, 0.15) is 11.9 Å². The average Bonchev–Trinajstić information content (AvgIpc) is 3.14. The number of aliphatic imine (C=N–C) groups is 1. The number of rotatable bonds is 13. The van der Waals surface area contributed by atoms with Crippen LogP contribution in [-0.2, 0) is 29.2 Å². The maximum atomic E-state index is 13.1. The van der Waals surface area contributed by atoms with E-state index < -0.39 is 40.4 Å². The fourth-order valence-electron chi connectivity index (χ4n) is 4.25. The molecule has 0 bridgehead atoms. The Hall–Kier alpha value is -5.97. The smallest absolute Gasteiger partial charge is 0.475 e. The van der Waals surface area contributed by atoms with Crippen LogP contribution in [0.15, 0.2) is 88.9 Å². The quantitative estimate of drug-likeness (QED) is 0.108. The highest BCUT2D eigenvalue weighted by Gasteiger charge is 2.39. The number of pyridine rings is 1. The maximum Gasteiger partial charge on any atom is 0.490 e. The molecule has 1 aliphatic rings. The van der Waals surface area contributed by atoms with Crippen molar-refractivity contribution in [3.63, 3.8) is 0 Å². The summed E-state index contributed by atoms with van der Waals surface area (Å²) in [5.74, 6) is -5.11. The maximum absolute atomic E-state index is 13.1. The van der Waals surface area contributed by atoms with Gasteiger partial charge >= 0.3 is 24.3 Å². The molecular formula is C33H38F6N8O8S. The summed E-state index contributed by atoms with van der Waals surface area (Å²) < 4.78 is 90.9. The fraction of sp³-hybridized carbons (Fsp3) is 0.333. The summed E-state index contributed by atoms with van der Waals surface area (Å²) >= 11 is 0. The molecule has 1 atom stereocenters. The highest BCUT2D eigenvalue weighted by Crippen LogP contribution is 2.23. The van der Waals surface area contributed by atoms with Gasteiger partial charge in [-0.15, -0.1) is 0 Å². The SMILES string of the molecule is CN(C(=O)CCNCCCNc1cccc(S(=O)(=O)N(C)c2ccccc2)c1)C1CN=C(Nc2ccccn2)NC1=O.O=C(O)C(F)(F)F.O=C(O)C(F)(F)F. The minimum atomic E-state index is -5.08. The van der Waals surface area contributed by atoms with Crippen LogP contribution in [0.4, 0.5) is 43.5 Å². The van der Waals surface area contributed by atoms with Crippen LogP contribution < -0.4 is 25.6 Å². The van der Waals surface area contributed by atoms with Crippen molar-refractivity contribution in [3.8, 4) is 0 Å². The lowest BCUT2D eigenvalue weighted by atomic mass is 10.2. The van der Waals surface area contributed by atoms with Crippen molar-refractivity contribution < 1.29 is 64.2 Å². The van der Waals surface area contributed by atoms with Crippen LogP contribution in [0, 0.1) is 0 Å². The minimum absolute atomic E-state index is 0.157. The molecule has 1 aromatic heterocycles. The summed E-state index contributed by atoms with van der Waals surface area (Å²) in [5.41, 5.74) is 1.30. The van der Waals surface area contributed by atoms with Crippen LogP contribution in [0.1, 0.15) is 12.8 Å². The number of likely N-dealkylation sites (N-methyl/N-ethyl adjacent to an activating group) is 1. The van der Waals surface area contributed by atoms with Gasteiger partial charge < -0.3 is 31.1 Å². The second kappa shape index (κ2) is 21.2. The third kappa shape index (κ3) is 15.4. The number of guanidine groups is 1. The van der Waals surface area contributed by atoms with Crippen molar-refractivity contribution >= 4 is 56.9 Å². The number of anilines is 3. The van der Waals surface area contributed by atoms with E-state index in [-0.39, 0.29) is 29.7 Å². The number of hydrogen-bond acceptors (Lipinski definition) is 11. The molecule has 0 aliphatic carbocycles. The van der Waals surface area contributed by atoms with Gasteiger partial charge in [-0.05, 0) is 55.4 Å². The Balaban J connectivity index is 0.000000657. The molecule has 2 amide bonds. The lowest BCUT2D eigenvalue weighted by Crippen LogP contribution is -2.55. The van der Waals surface area contributed by atoms with E-state index in [9.17, 15) is 44.3 Å². The van der Waals surface area contributed by atoms with Gasteiger partial charge in [0.25, 0.3) is 15.9 Å². The Kier molecular flexibility index (Phi) is 17.5. The molecule has 0 spiro atoms. The number of sulfonamides is 1. The van der Waals surface area contributed by atoms with Crippen molar-refractivity contribution in [2.45, 2.75) is 36.1 Å². The standard InChI is InChI=1S/C29H36N8O4S.2C2HF3O2/c1-36(25-21-33-29(35-28(25)39)34-26-14-6-7-17-32-26)27(38)15-19-30-16-9-18-31-22-10-8-13-24(20-22)42(40,41)37(2)23-11-4-3-5-12-23;2*3-2(4,5)1(6)7/h3-8,10-14,17,20,25,30-31H,9,15-16,18-19,21H2,1-2H3,(H2,32,33,34,35,39);2*(H,6,7). The van der Waals surface area contributed by atoms with Gasteiger partial charge in [0.15, 0.2) is 0 Å². The zero-order valence-electron chi connectivity index (χ0n) is 29.6. The molecular weight excluding hydrogens is 782 g/mol. The van der Waals surface area contributed by atoms with Crippen molar-refractivity contribution in [1.29, 1.82) is 0 Å². The van der Waals surface area contributed by atoms with Crippen LogP contribution in [-0.4, -0.2) is 117 Å². The number of aromatic nitrogens is 1. The van der Waals surface area contributed by atoms with E-state index in [4.69, 9.17) is 19.8 Å². The normalized spacial score (nSPS) is 14.0. The van der Waals surface area contributed by atoms with Gasteiger partial charge in [-0.3, -0.25) is 19.2 Å². The molecule has 1 aliphatic heterocycles. The Morgan fingerprint density at radius 3 is 2.04 bits per heavy atom. The second-order valence-corrected chi connectivity index (χ2v) is 13.2. The molecule has 3 aromatic rings. The van der Waals surface area contributed by atoms with Gasteiger partial charge in [0, 0.05) is 45.5 Å². The first-order chi connectivity index (χ1) is 26.1. The molecule has 0 radical (unpaired) electrons. The number of alkyl halides is 6. The molecule has 0 fully saturated rings. The second-order valence-electron chi connectivity index (χ2n) is 11.3. The lowest BCUT2D eigenvalue weighted by Gasteiger charge is -2.29. The van der Waals surface area contributed by atoms with E-state index in [2.05, 4.69) is 31.2 Å². The number of halogens is 6. The van der Waals surface area contributed by atoms with Gasteiger partial charge in [-0.25, -0.2) is 28.0 Å². The van der Waals surface area contributed by atoms with Gasteiger partial charge in [0.05, 0.1) is 17.1 Å². The molecule has 4 rings (SSSR count). The molecule has 16 nitrogen and oxygen atoms in total. The van der Waals surface area contributed by atoms with Crippen LogP contribution in [0.5, 0.6) is 0 Å². The lowest BCUT2D eigenvalue weighted by molar-refractivity contribution is -0.193. The number of carbonyl (C=O) groups is 4. The third-order valence-corrected chi connectivity index (χ3v) is 8.99. The Morgan fingerprint density at radius 1 is 0.875 bits per heavy atom. The predicted octanol–water partition coefficient (Wildman–Crippen LogP) is 3.38. The van der Waals surface area contributed by atoms with E-state index in [1.54, 1.807) is 67.8 Å². The number of benzene rings is 2. The number of carboxylic acid groups (broad SMARTS) is 2. The van der Waals surface area contributed by atoms with E-state index >= 15 is 0 Å². The summed E-state index contributed by atoms with van der Waals surface area (Å²) in [6.45, 7) is 1.91. The number of para-hydroxylation sites is 1. The zero-order valence-corrected chi connectivity index (χ0v) is 30.5. The molecule has 0 saturated carbocycles. The zero-order chi connectivity index (χ0) is 42.1. The molecule has 306 valence electrons. The van der Waals surface area contributed by atoms with Crippen LogP contribution in [0.25, 0.3) is 0 Å². The molecule has 1 unspecified atom stereocenters. The Bertz CT molecular complexity index is 1880. The van der Waals surface area contributed by atoms with Crippen molar-refractivity contribution in [1.82, 2.24) is 20.5 Å². The van der Waals surface area contributed by atoms with Crippen LogP contribution in [0.3, 0.4) is 0 Å². The minimum Gasteiger partial charge on any atom is -0.475 e. The first-order valence-corrected chi connectivity index (χ1v) is 17.6. The molecule has 2 heterocycles. The Labute approximate surface area is 316 Å². The monoisotopic (exact) mass is 820 g/mol. The molecule has 0 saturated heterocycles. The van der Waals surface area contributed by atoms with E-state index in [0.29, 0.717) is 42.8 Å². The first-order valence-electron chi connectivity index (χ1n) is 16.1. The number of carboxylic acids is 2. The summed E-state index contributed by atoms with van der Waals surface area (Å²) in [6.07, 6.45) is -7.53. The number of nitrogens with zero attached hydrogens (tertiary/aromatic N) is 4. The number of nitrogens with one attached hydrogen (secondary N) is 4. The summed E-state index contributed by atoms with van der Waals surface area (Å²) in [5, 5.41) is 26.4. The summed E-state index contributed by atoms with van der Waals surface area (Å²) in [4.78, 5) is 53.1. The van der Waals surface area contributed by atoms with Crippen molar-refractivity contribution in [2.24, 2.45) is 4.99 Å². The fourth-order valence-corrected chi connectivity index (χ4v) is 5.49. The van der Waals surface area contributed by atoms with Crippen molar-refractivity contribution in [3.05, 3.63) is 79.0 Å². The highest BCUT2D eigenvalue weighted by atomic mass is 32.2. The van der Waals surface area contributed by atoms with Crippen LogP contribution >= 0.6 is 0 Å². The topological polar surface area (TPSA) is 223 Å². The highest BCUT2D eigenvalue weighted by molar-refractivity contribution is 7.92. The van der Waals surface area contributed by atoms with Gasteiger partial charge in [-0.1, -0.05) is 30.3 Å². The molecule has 6 N–H and O–H groups in total. The van der Waals surface area contributed by atoms with E-state index in [0.717, 1.165) is 6.42 Å². The van der Waals surface area contributed by atoms with Gasteiger partial charge in [0.2, 0.25) is 11.9 Å². The summed E-state index contributed by atoms with van der Waals surface area (Å²) in [6, 6.07) is 20.4. The largest absolute Gasteiger partial charge is 0.490 e. The molecule has 56 heavy (non-hydrogen) atoms. The van der Waals surface area contributed by atoms with Crippen LogP contribution in [0.2, 0.25) is 0 Å². The van der Waals surface area contributed by atoms with E-state index in [1.807, 2.05) is 18.2 Å². The number of carbonyl (C=O) groups excluding carboxylic acids is 2. The number of hydrogen-bond donors (Lipinski definition) is 6. The molecule has 2 aromatic carbocycles. The van der Waals surface area contributed by atoms with Crippen molar-refractivity contribution in [2.75, 3.05) is 55.2 Å². The number of amides is 2. The predicted molar refractivity (Wildman–Crippen MR) is 191 cm³/mol. The first kappa shape index (κ1) is 46.2. The summed E-state index contributed by atoms with van der Waals surface area (Å²) in [7, 11) is -0.549. The average molecular weight is 821 g/mol. The third-order valence-electron chi connectivity index (χ3n) is 7.21.